The number of aromatic nitrogens is 4. The first-order chi connectivity index (χ1) is 14.2. The van der Waals surface area contributed by atoms with Gasteiger partial charge < -0.3 is 13.5 Å². The van der Waals surface area contributed by atoms with Gasteiger partial charge in [0.05, 0.1) is 12.6 Å². The van der Waals surface area contributed by atoms with Crippen molar-refractivity contribution in [2.45, 2.75) is 32.4 Å². The van der Waals surface area contributed by atoms with Crippen LogP contribution in [0.4, 0.5) is 0 Å². The zero-order valence-corrected chi connectivity index (χ0v) is 16.6. The summed E-state index contributed by atoms with van der Waals surface area (Å²) in [6, 6.07) is 14.6. The Labute approximate surface area is 168 Å². The Kier molecular flexibility index (Phi) is 4.52. The van der Waals surface area contributed by atoms with Crippen LogP contribution in [0.15, 0.2) is 57.6 Å². The molecular formula is C22H23N5O2. The van der Waals surface area contributed by atoms with E-state index in [9.17, 15) is 0 Å². The Hall–Kier alpha value is -3.19. The van der Waals surface area contributed by atoms with Crippen molar-refractivity contribution in [3.8, 4) is 22.7 Å². The molecule has 0 spiro atoms. The van der Waals surface area contributed by atoms with Gasteiger partial charge in [0.2, 0.25) is 5.89 Å². The van der Waals surface area contributed by atoms with E-state index in [1.165, 1.54) is 12.1 Å². The van der Waals surface area contributed by atoms with Crippen LogP contribution in [0.5, 0.6) is 0 Å². The van der Waals surface area contributed by atoms with E-state index in [0.717, 1.165) is 29.8 Å². The Morgan fingerprint density at radius 3 is 2.76 bits per heavy atom. The Morgan fingerprint density at radius 1 is 1.10 bits per heavy atom. The van der Waals surface area contributed by atoms with Crippen molar-refractivity contribution in [3.05, 3.63) is 66.0 Å². The van der Waals surface area contributed by atoms with Crippen LogP contribution < -0.4 is 0 Å². The van der Waals surface area contributed by atoms with Crippen molar-refractivity contribution in [3.63, 3.8) is 0 Å². The van der Waals surface area contributed by atoms with Gasteiger partial charge in [-0.3, -0.25) is 4.90 Å². The summed E-state index contributed by atoms with van der Waals surface area (Å²) in [5.74, 6) is 1.73. The van der Waals surface area contributed by atoms with Crippen LogP contribution in [0, 0.1) is 6.92 Å². The second-order valence-corrected chi connectivity index (χ2v) is 7.50. The van der Waals surface area contributed by atoms with E-state index in [4.69, 9.17) is 8.94 Å². The van der Waals surface area contributed by atoms with Crippen molar-refractivity contribution in [1.29, 1.82) is 0 Å². The fraction of sp³-hybridized carbons (Fsp3) is 0.318. The van der Waals surface area contributed by atoms with Crippen LogP contribution in [0.2, 0.25) is 0 Å². The summed E-state index contributed by atoms with van der Waals surface area (Å²) >= 11 is 0. The van der Waals surface area contributed by atoms with E-state index >= 15 is 0 Å². The molecule has 29 heavy (non-hydrogen) atoms. The molecule has 7 nitrogen and oxygen atoms in total. The number of aryl methyl sites for hydroxylation is 2. The van der Waals surface area contributed by atoms with E-state index < -0.39 is 0 Å². The lowest BCUT2D eigenvalue weighted by Crippen LogP contribution is -2.24. The summed E-state index contributed by atoms with van der Waals surface area (Å²) < 4.78 is 13.7. The molecule has 5 rings (SSSR count). The van der Waals surface area contributed by atoms with E-state index in [1.54, 1.807) is 0 Å². The predicted octanol–water partition coefficient (Wildman–Crippen LogP) is 4.38. The lowest BCUT2D eigenvalue weighted by atomic mass is 10.1. The minimum atomic E-state index is 0.377. The maximum atomic E-state index is 6.06. The van der Waals surface area contributed by atoms with Gasteiger partial charge >= 0.3 is 0 Å². The molecule has 0 radical (unpaired) electrons. The van der Waals surface area contributed by atoms with Gasteiger partial charge in [0.25, 0.3) is 5.89 Å². The predicted molar refractivity (Wildman–Crippen MR) is 108 cm³/mol. The average Bonchev–Trinajstić information content (AvgIpc) is 3.51. The van der Waals surface area contributed by atoms with Gasteiger partial charge in [0, 0.05) is 24.5 Å². The highest BCUT2D eigenvalue weighted by molar-refractivity contribution is 5.77. The molecule has 0 saturated carbocycles. The molecule has 0 unspecified atom stereocenters. The monoisotopic (exact) mass is 389 g/mol. The SMILES string of the molecule is Cc1onc(-c2ccccc2)c1-c1nnc(CN2CCC[C@@H]2c2cccn2C)o1. The third-order valence-corrected chi connectivity index (χ3v) is 5.62. The van der Waals surface area contributed by atoms with Crippen molar-refractivity contribution in [2.75, 3.05) is 6.54 Å². The van der Waals surface area contributed by atoms with Crippen LogP contribution in [-0.2, 0) is 13.6 Å². The van der Waals surface area contributed by atoms with Gasteiger partial charge in [-0.05, 0) is 38.4 Å². The number of rotatable bonds is 5. The first kappa shape index (κ1) is 17.9. The summed E-state index contributed by atoms with van der Waals surface area (Å²) in [5, 5.41) is 12.8. The molecule has 3 aromatic heterocycles. The van der Waals surface area contributed by atoms with Crippen LogP contribution in [-0.4, -0.2) is 31.4 Å². The number of benzene rings is 1. The smallest absolute Gasteiger partial charge is 0.253 e. The molecule has 4 aromatic rings. The quantitative estimate of drug-likeness (QED) is 0.504. The van der Waals surface area contributed by atoms with Crippen LogP contribution in [0.25, 0.3) is 22.7 Å². The highest BCUT2D eigenvalue weighted by atomic mass is 16.5. The molecule has 1 saturated heterocycles. The van der Waals surface area contributed by atoms with Gasteiger partial charge in [-0.15, -0.1) is 10.2 Å². The Bertz CT molecular complexity index is 1110. The third-order valence-electron chi connectivity index (χ3n) is 5.62. The summed E-state index contributed by atoms with van der Waals surface area (Å²) in [6.07, 6.45) is 4.40. The van der Waals surface area contributed by atoms with E-state index in [-0.39, 0.29) is 0 Å². The molecule has 1 aliphatic rings. The number of hydrogen-bond donors (Lipinski definition) is 0. The molecule has 1 atom stereocenters. The van der Waals surface area contributed by atoms with Crippen LogP contribution in [0.1, 0.15) is 36.2 Å². The molecule has 0 N–H and O–H groups in total. The Balaban J connectivity index is 1.41. The van der Waals surface area contributed by atoms with Gasteiger partial charge in [-0.2, -0.15) is 0 Å². The summed E-state index contributed by atoms with van der Waals surface area (Å²) in [5.41, 5.74) is 3.77. The van der Waals surface area contributed by atoms with E-state index in [2.05, 4.69) is 50.2 Å². The molecule has 1 aromatic carbocycles. The highest BCUT2D eigenvalue weighted by Crippen LogP contribution is 2.35. The minimum Gasteiger partial charge on any atom is -0.419 e. The van der Waals surface area contributed by atoms with Crippen molar-refractivity contribution < 1.29 is 8.94 Å². The lowest BCUT2D eigenvalue weighted by Gasteiger charge is -2.23. The standard InChI is InChI=1S/C22H23N5O2/c1-15-20(21(25-29-15)16-8-4-3-5-9-16)22-24-23-19(28-22)14-27-13-7-11-18(27)17-10-6-12-26(17)2/h3-6,8-10,12,18H,7,11,13-14H2,1-2H3/t18-/m1/s1. The number of nitrogens with zero attached hydrogens (tertiary/aromatic N) is 5. The highest BCUT2D eigenvalue weighted by Gasteiger charge is 2.29. The molecule has 0 bridgehead atoms. The molecule has 1 aliphatic heterocycles. The van der Waals surface area contributed by atoms with Gasteiger partial charge in [0.1, 0.15) is 17.0 Å². The second kappa shape index (κ2) is 7.33. The summed E-state index contributed by atoms with van der Waals surface area (Å²) in [7, 11) is 2.09. The number of hydrogen-bond acceptors (Lipinski definition) is 6. The maximum absolute atomic E-state index is 6.06. The minimum absolute atomic E-state index is 0.377. The topological polar surface area (TPSA) is 73.1 Å². The molecule has 0 amide bonds. The summed E-state index contributed by atoms with van der Waals surface area (Å²) in [6.45, 7) is 3.52. The van der Waals surface area contributed by atoms with Gasteiger partial charge in [-0.1, -0.05) is 35.5 Å². The van der Waals surface area contributed by atoms with E-state index in [0.29, 0.717) is 30.1 Å². The fourth-order valence-electron chi connectivity index (χ4n) is 4.18. The summed E-state index contributed by atoms with van der Waals surface area (Å²) in [4.78, 5) is 2.41. The third kappa shape index (κ3) is 3.27. The second-order valence-electron chi connectivity index (χ2n) is 7.50. The Morgan fingerprint density at radius 2 is 1.97 bits per heavy atom. The van der Waals surface area contributed by atoms with Gasteiger partial charge in [-0.25, -0.2) is 0 Å². The van der Waals surface area contributed by atoms with Crippen LogP contribution in [0.3, 0.4) is 0 Å². The number of likely N-dealkylation sites (tertiary alicyclic amines) is 1. The normalized spacial score (nSPS) is 17.2. The van der Waals surface area contributed by atoms with Crippen molar-refractivity contribution >= 4 is 0 Å². The molecular weight excluding hydrogens is 366 g/mol. The van der Waals surface area contributed by atoms with Crippen LogP contribution >= 0.6 is 0 Å². The molecule has 1 fully saturated rings. The fourth-order valence-corrected chi connectivity index (χ4v) is 4.18. The average molecular weight is 389 g/mol. The first-order valence-corrected chi connectivity index (χ1v) is 9.90. The maximum Gasteiger partial charge on any atom is 0.253 e. The van der Waals surface area contributed by atoms with Crippen molar-refractivity contribution in [2.24, 2.45) is 7.05 Å². The van der Waals surface area contributed by atoms with Crippen molar-refractivity contribution in [1.82, 2.24) is 24.8 Å². The van der Waals surface area contributed by atoms with E-state index in [1.807, 2.05) is 37.3 Å². The molecule has 7 heteroatoms. The molecule has 4 heterocycles. The molecule has 148 valence electrons. The molecule has 0 aliphatic carbocycles. The zero-order chi connectivity index (χ0) is 19.8. The zero-order valence-electron chi connectivity index (χ0n) is 16.6. The largest absolute Gasteiger partial charge is 0.419 e. The van der Waals surface area contributed by atoms with Gasteiger partial charge in [0.15, 0.2) is 0 Å². The lowest BCUT2D eigenvalue weighted by molar-refractivity contribution is 0.218. The first-order valence-electron chi connectivity index (χ1n) is 9.90.